The summed E-state index contributed by atoms with van der Waals surface area (Å²) in [6.07, 6.45) is 2.08. The van der Waals surface area contributed by atoms with Crippen LogP contribution in [0.1, 0.15) is 43.9 Å². The average Bonchev–Trinajstić information content (AvgIpc) is 2.86. The minimum atomic E-state index is -0.801. The molecule has 0 radical (unpaired) electrons. The predicted octanol–water partition coefficient (Wildman–Crippen LogP) is 5.41. The van der Waals surface area contributed by atoms with Crippen LogP contribution in [0.4, 0.5) is 10.5 Å². The fourth-order valence-corrected chi connectivity index (χ4v) is 5.52. The first-order valence-corrected chi connectivity index (χ1v) is 12.4. The minimum absolute atomic E-state index is 0.0685. The lowest BCUT2D eigenvalue weighted by molar-refractivity contribution is -0.384. The Balaban J connectivity index is 1.47. The number of rotatable bonds is 8. The molecule has 0 saturated carbocycles. The van der Waals surface area contributed by atoms with Crippen LogP contribution in [0, 0.1) is 27.9 Å². The number of carbonyl (C=O) groups is 1. The van der Waals surface area contributed by atoms with Crippen LogP contribution in [-0.2, 0) is 11.2 Å². The number of hydrogen-bond acceptors (Lipinski definition) is 8. The van der Waals surface area contributed by atoms with Gasteiger partial charge in [0.1, 0.15) is 5.75 Å². The van der Waals surface area contributed by atoms with Crippen molar-refractivity contribution in [1.82, 2.24) is 4.90 Å². The monoisotopic (exact) mass is 498 g/mol. The van der Waals surface area contributed by atoms with E-state index in [4.69, 9.17) is 18.9 Å². The number of non-ortho nitro benzene ring substituents is 1. The third-order valence-corrected chi connectivity index (χ3v) is 7.21. The Morgan fingerprint density at radius 1 is 1.11 bits per heavy atom. The summed E-state index contributed by atoms with van der Waals surface area (Å²) in [7, 11) is 3.30. The lowest BCUT2D eigenvalue weighted by atomic mass is 9.74. The van der Waals surface area contributed by atoms with Crippen LogP contribution in [0.5, 0.6) is 17.2 Å². The Bertz CT molecular complexity index is 1090. The normalized spacial score (nSPS) is 21.3. The van der Waals surface area contributed by atoms with Crippen molar-refractivity contribution >= 4 is 11.8 Å². The molecule has 0 aliphatic carbocycles. The minimum Gasteiger partial charge on any atom is -0.493 e. The number of benzene rings is 2. The van der Waals surface area contributed by atoms with Crippen molar-refractivity contribution in [1.29, 1.82) is 0 Å². The van der Waals surface area contributed by atoms with Crippen LogP contribution in [0.25, 0.3) is 0 Å². The van der Waals surface area contributed by atoms with Gasteiger partial charge in [0.15, 0.2) is 11.5 Å². The molecule has 2 aromatic rings. The van der Waals surface area contributed by atoms with E-state index >= 15 is 0 Å². The van der Waals surface area contributed by atoms with Crippen molar-refractivity contribution < 1.29 is 28.7 Å². The molecule has 0 unspecified atom stereocenters. The zero-order valence-corrected chi connectivity index (χ0v) is 21.3. The SMILES string of the molecule is COc1cc2c(cc1OC)[C@H]1C[C@@H](COC(=O)Oc3ccc([N+](=O)[O-])cc3)[C@H](CC(C)C)CN1CC2. The quantitative estimate of drug-likeness (QED) is 0.206. The molecule has 3 atom stereocenters. The zero-order valence-electron chi connectivity index (χ0n) is 21.3. The highest BCUT2D eigenvalue weighted by Crippen LogP contribution is 2.45. The van der Waals surface area contributed by atoms with Gasteiger partial charge in [-0.15, -0.1) is 0 Å². The fourth-order valence-electron chi connectivity index (χ4n) is 5.52. The Morgan fingerprint density at radius 2 is 1.81 bits per heavy atom. The Hall–Kier alpha value is -3.33. The molecule has 2 heterocycles. The first-order chi connectivity index (χ1) is 17.3. The maximum Gasteiger partial charge on any atom is 0.513 e. The van der Waals surface area contributed by atoms with Crippen LogP contribution >= 0.6 is 0 Å². The van der Waals surface area contributed by atoms with E-state index < -0.39 is 11.1 Å². The topological polar surface area (TPSA) is 100 Å². The third-order valence-electron chi connectivity index (χ3n) is 7.21. The number of carbonyl (C=O) groups excluding carboxylic acids is 1. The fraction of sp³-hybridized carbons (Fsp3) is 0.519. The van der Waals surface area contributed by atoms with Gasteiger partial charge >= 0.3 is 6.16 Å². The highest BCUT2D eigenvalue weighted by molar-refractivity contribution is 5.64. The van der Waals surface area contributed by atoms with E-state index in [1.54, 1.807) is 14.2 Å². The summed E-state index contributed by atoms with van der Waals surface area (Å²) in [5.74, 6) is 2.78. The molecule has 36 heavy (non-hydrogen) atoms. The molecule has 0 spiro atoms. The van der Waals surface area contributed by atoms with Crippen LogP contribution in [-0.4, -0.2) is 49.9 Å². The summed E-state index contributed by atoms with van der Waals surface area (Å²) in [6, 6.07) is 9.76. The van der Waals surface area contributed by atoms with Crippen LogP contribution < -0.4 is 14.2 Å². The van der Waals surface area contributed by atoms with Gasteiger partial charge in [0.2, 0.25) is 0 Å². The lowest BCUT2D eigenvalue weighted by Crippen LogP contribution is -2.47. The van der Waals surface area contributed by atoms with Gasteiger partial charge < -0.3 is 18.9 Å². The highest BCUT2D eigenvalue weighted by atomic mass is 16.7. The van der Waals surface area contributed by atoms with Crippen LogP contribution in [0.2, 0.25) is 0 Å². The largest absolute Gasteiger partial charge is 0.513 e. The first kappa shape index (κ1) is 25.8. The van der Waals surface area contributed by atoms with Gasteiger partial charge in [-0.05, 0) is 72.4 Å². The summed E-state index contributed by atoms with van der Waals surface area (Å²) in [5.41, 5.74) is 2.45. The second-order valence-electron chi connectivity index (χ2n) is 9.97. The van der Waals surface area contributed by atoms with Crippen molar-refractivity contribution in [3.63, 3.8) is 0 Å². The summed E-state index contributed by atoms with van der Waals surface area (Å²) in [5, 5.41) is 10.8. The summed E-state index contributed by atoms with van der Waals surface area (Å²) < 4.78 is 21.9. The molecule has 0 N–H and O–H groups in total. The standard InChI is InChI=1S/C27H34N2O7/c1-17(2)11-19-15-28-10-9-18-13-25(33-3)26(34-4)14-23(18)24(28)12-20(19)16-35-27(30)36-22-7-5-21(6-8-22)29(31)32/h5-8,13-14,17,19-20,24H,9-12,15-16H2,1-4H3/t19-,20+,24-/m1/s1. The van der Waals surface area contributed by atoms with Gasteiger partial charge in [-0.1, -0.05) is 13.8 Å². The molecule has 4 rings (SSSR count). The first-order valence-electron chi connectivity index (χ1n) is 12.4. The number of fused-ring (bicyclic) bond motifs is 3. The Kier molecular flexibility index (Phi) is 7.98. The van der Waals surface area contributed by atoms with Gasteiger partial charge in [-0.25, -0.2) is 4.79 Å². The van der Waals surface area contributed by atoms with Crippen molar-refractivity contribution in [2.75, 3.05) is 33.9 Å². The molecule has 1 fully saturated rings. The number of piperidine rings is 1. The second kappa shape index (κ2) is 11.2. The molecule has 9 nitrogen and oxygen atoms in total. The molecule has 2 aromatic carbocycles. The van der Waals surface area contributed by atoms with Crippen molar-refractivity contribution in [2.24, 2.45) is 17.8 Å². The number of nitro groups is 1. The summed E-state index contributed by atoms with van der Waals surface area (Å²) in [6.45, 7) is 6.63. The number of nitrogens with zero attached hydrogens (tertiary/aromatic N) is 2. The smallest absolute Gasteiger partial charge is 0.493 e. The summed E-state index contributed by atoms with van der Waals surface area (Å²) in [4.78, 5) is 25.3. The molecular formula is C27H34N2O7. The number of hydrogen-bond donors (Lipinski definition) is 0. The lowest BCUT2D eigenvalue weighted by Gasteiger charge is -2.47. The van der Waals surface area contributed by atoms with E-state index in [1.165, 1.54) is 35.4 Å². The van der Waals surface area contributed by atoms with E-state index in [0.717, 1.165) is 43.9 Å². The molecule has 0 bridgehead atoms. The number of ether oxygens (including phenoxy) is 4. The van der Waals surface area contributed by atoms with Crippen molar-refractivity contribution in [3.05, 3.63) is 57.6 Å². The maximum absolute atomic E-state index is 12.4. The molecule has 0 amide bonds. The van der Waals surface area contributed by atoms with Gasteiger partial charge in [0, 0.05) is 31.3 Å². The zero-order chi connectivity index (χ0) is 25.8. The second-order valence-corrected chi connectivity index (χ2v) is 9.97. The number of methoxy groups -OCH3 is 2. The van der Waals surface area contributed by atoms with E-state index in [-0.39, 0.29) is 30.0 Å². The third kappa shape index (κ3) is 5.73. The van der Waals surface area contributed by atoms with Crippen molar-refractivity contribution in [3.8, 4) is 17.2 Å². The molecule has 0 aromatic heterocycles. The van der Waals surface area contributed by atoms with Gasteiger partial charge in [-0.2, -0.15) is 0 Å². The molecule has 9 heteroatoms. The van der Waals surface area contributed by atoms with E-state index in [2.05, 4.69) is 30.9 Å². The molecular weight excluding hydrogens is 464 g/mol. The van der Waals surface area contributed by atoms with E-state index in [9.17, 15) is 14.9 Å². The van der Waals surface area contributed by atoms with Gasteiger partial charge in [0.05, 0.1) is 25.7 Å². The van der Waals surface area contributed by atoms with Crippen molar-refractivity contribution in [2.45, 2.75) is 39.2 Å². The van der Waals surface area contributed by atoms with E-state index in [0.29, 0.717) is 11.8 Å². The molecule has 2 aliphatic heterocycles. The van der Waals surface area contributed by atoms with Gasteiger partial charge in [0.25, 0.3) is 5.69 Å². The van der Waals surface area contributed by atoms with E-state index in [1.807, 2.05) is 0 Å². The highest BCUT2D eigenvalue weighted by Gasteiger charge is 2.40. The predicted molar refractivity (Wildman–Crippen MR) is 134 cm³/mol. The Labute approximate surface area is 211 Å². The number of nitro benzene ring substituents is 1. The molecule has 194 valence electrons. The van der Waals surface area contributed by atoms with Crippen LogP contribution in [0.15, 0.2) is 36.4 Å². The maximum atomic E-state index is 12.4. The summed E-state index contributed by atoms with van der Waals surface area (Å²) >= 11 is 0. The average molecular weight is 499 g/mol. The molecule has 2 aliphatic rings. The van der Waals surface area contributed by atoms with Crippen LogP contribution in [0.3, 0.4) is 0 Å². The molecule has 1 saturated heterocycles. The van der Waals surface area contributed by atoms with Gasteiger partial charge in [-0.3, -0.25) is 15.0 Å². The Morgan fingerprint density at radius 3 is 2.44 bits per heavy atom.